The number of piperidine rings is 1. The Labute approximate surface area is 118 Å². The molecule has 0 radical (unpaired) electrons. The molecule has 2 rings (SSSR count). The Morgan fingerprint density at radius 3 is 2.53 bits per heavy atom. The monoisotopic (exact) mass is 358 g/mol. The SMILES string of the molecule is O=S(=O)(NN1CCCCC1)c1cc(Cl)c(Br)s1. The summed E-state index contributed by atoms with van der Waals surface area (Å²) < 4.78 is 25.0. The Balaban J connectivity index is 2.12. The van der Waals surface area contributed by atoms with E-state index in [9.17, 15) is 8.42 Å². The van der Waals surface area contributed by atoms with Crippen molar-refractivity contribution in [2.24, 2.45) is 0 Å². The van der Waals surface area contributed by atoms with Gasteiger partial charge < -0.3 is 0 Å². The van der Waals surface area contributed by atoms with Crippen LogP contribution in [0.5, 0.6) is 0 Å². The smallest absolute Gasteiger partial charge is 0.230 e. The number of halogens is 2. The van der Waals surface area contributed by atoms with Crippen molar-refractivity contribution in [1.29, 1.82) is 0 Å². The van der Waals surface area contributed by atoms with Crippen molar-refractivity contribution >= 4 is 48.9 Å². The van der Waals surface area contributed by atoms with Gasteiger partial charge in [-0.15, -0.1) is 16.2 Å². The minimum atomic E-state index is -3.48. The molecule has 0 spiro atoms. The Bertz CT molecular complexity index is 478. The number of thiophene rings is 1. The van der Waals surface area contributed by atoms with Crippen molar-refractivity contribution in [3.05, 3.63) is 14.9 Å². The minimum Gasteiger partial charge on any atom is -0.230 e. The first kappa shape index (κ1) is 13.8. The topological polar surface area (TPSA) is 49.4 Å². The first-order valence-electron chi connectivity index (χ1n) is 5.21. The lowest BCUT2D eigenvalue weighted by atomic mass is 10.2. The molecule has 0 atom stereocenters. The molecule has 4 nitrogen and oxygen atoms in total. The van der Waals surface area contributed by atoms with Gasteiger partial charge in [0.2, 0.25) is 0 Å². The molecule has 0 saturated carbocycles. The van der Waals surface area contributed by atoms with Crippen LogP contribution in [0.25, 0.3) is 0 Å². The third-order valence-electron chi connectivity index (χ3n) is 2.49. The van der Waals surface area contributed by atoms with E-state index >= 15 is 0 Å². The van der Waals surface area contributed by atoms with Crippen LogP contribution >= 0.6 is 38.9 Å². The zero-order chi connectivity index (χ0) is 12.5. The van der Waals surface area contributed by atoms with Crippen molar-refractivity contribution in [1.82, 2.24) is 9.84 Å². The second kappa shape index (κ2) is 5.54. The number of hydrogen-bond acceptors (Lipinski definition) is 4. The summed E-state index contributed by atoms with van der Waals surface area (Å²) in [4.78, 5) is 2.59. The molecule has 1 aliphatic rings. The summed E-state index contributed by atoms with van der Waals surface area (Å²) in [6, 6.07) is 1.46. The van der Waals surface area contributed by atoms with Crippen molar-refractivity contribution in [2.75, 3.05) is 13.1 Å². The summed E-state index contributed by atoms with van der Waals surface area (Å²) in [6.45, 7) is 1.53. The zero-order valence-corrected chi connectivity index (χ0v) is 12.9. The van der Waals surface area contributed by atoms with E-state index in [1.165, 1.54) is 6.07 Å². The Hall–Kier alpha value is 0.340. The highest BCUT2D eigenvalue weighted by atomic mass is 79.9. The van der Waals surface area contributed by atoms with Crippen LogP contribution in [0.1, 0.15) is 19.3 Å². The molecule has 1 aromatic heterocycles. The maximum Gasteiger partial charge on any atom is 0.263 e. The summed E-state index contributed by atoms with van der Waals surface area (Å²) in [5.74, 6) is 0. The third-order valence-corrected chi connectivity index (χ3v) is 6.82. The van der Waals surface area contributed by atoms with Gasteiger partial charge >= 0.3 is 0 Å². The molecule has 1 aliphatic heterocycles. The summed E-state index contributed by atoms with van der Waals surface area (Å²) in [6.07, 6.45) is 3.21. The summed E-state index contributed by atoms with van der Waals surface area (Å²) in [7, 11) is -3.48. The Kier molecular flexibility index (Phi) is 4.49. The van der Waals surface area contributed by atoms with Crippen LogP contribution in [-0.2, 0) is 10.0 Å². The molecule has 0 unspecified atom stereocenters. The first-order chi connectivity index (χ1) is 7.99. The number of sulfonamides is 1. The second-order valence-electron chi connectivity index (χ2n) is 3.83. The highest BCUT2D eigenvalue weighted by molar-refractivity contribution is 9.11. The number of hydrazine groups is 1. The fourth-order valence-corrected chi connectivity index (χ4v) is 5.17. The largest absolute Gasteiger partial charge is 0.263 e. The van der Waals surface area contributed by atoms with Gasteiger partial charge in [-0.25, -0.2) is 13.4 Å². The fourth-order valence-electron chi connectivity index (χ4n) is 1.66. The van der Waals surface area contributed by atoms with Crippen LogP contribution in [0.2, 0.25) is 5.02 Å². The molecule has 17 heavy (non-hydrogen) atoms. The van der Waals surface area contributed by atoms with Crippen LogP contribution in [-0.4, -0.2) is 26.5 Å². The lowest BCUT2D eigenvalue weighted by Gasteiger charge is -2.26. The molecule has 96 valence electrons. The molecule has 1 N–H and O–H groups in total. The molecule has 8 heteroatoms. The maximum atomic E-state index is 12.0. The van der Waals surface area contributed by atoms with Crippen LogP contribution in [0.4, 0.5) is 0 Å². The Morgan fingerprint density at radius 2 is 2.00 bits per heavy atom. The van der Waals surface area contributed by atoms with E-state index in [4.69, 9.17) is 11.6 Å². The Morgan fingerprint density at radius 1 is 1.35 bits per heavy atom. The second-order valence-corrected chi connectivity index (χ2v) is 8.49. The molecule has 1 saturated heterocycles. The lowest BCUT2D eigenvalue weighted by molar-refractivity contribution is 0.200. The summed E-state index contributed by atoms with van der Waals surface area (Å²) in [5.41, 5.74) is 0. The van der Waals surface area contributed by atoms with E-state index in [0.29, 0.717) is 8.81 Å². The average Bonchev–Trinajstić information content (AvgIpc) is 2.61. The fraction of sp³-hybridized carbons (Fsp3) is 0.556. The van der Waals surface area contributed by atoms with Gasteiger partial charge in [-0.3, -0.25) is 0 Å². The molecular formula is C9H12BrClN2O2S2. The molecule has 0 amide bonds. The molecule has 0 bridgehead atoms. The van der Waals surface area contributed by atoms with E-state index in [1.807, 2.05) is 0 Å². The molecule has 0 aliphatic carbocycles. The van der Waals surface area contributed by atoms with Gasteiger partial charge in [0.15, 0.2) is 0 Å². The highest BCUT2D eigenvalue weighted by Crippen LogP contribution is 2.34. The van der Waals surface area contributed by atoms with Crippen molar-refractivity contribution in [3.8, 4) is 0 Å². The van der Waals surface area contributed by atoms with Gasteiger partial charge in [-0.05, 0) is 34.8 Å². The number of nitrogens with one attached hydrogen (secondary N) is 1. The van der Waals surface area contributed by atoms with Crippen LogP contribution < -0.4 is 4.83 Å². The molecule has 0 aromatic carbocycles. The average molecular weight is 360 g/mol. The van der Waals surface area contributed by atoms with Crippen molar-refractivity contribution in [2.45, 2.75) is 23.5 Å². The first-order valence-corrected chi connectivity index (χ1v) is 8.68. The van der Waals surface area contributed by atoms with Gasteiger partial charge in [0.1, 0.15) is 4.21 Å². The standard InChI is InChI=1S/C9H12BrClN2O2S2/c10-9-7(11)6-8(16-9)17(14,15)12-13-4-2-1-3-5-13/h6,12H,1-5H2. The van der Waals surface area contributed by atoms with Crippen LogP contribution in [0.3, 0.4) is 0 Å². The van der Waals surface area contributed by atoms with Crippen LogP contribution in [0, 0.1) is 0 Å². The van der Waals surface area contributed by atoms with Gasteiger partial charge in [0, 0.05) is 13.1 Å². The van der Waals surface area contributed by atoms with Gasteiger partial charge in [-0.2, -0.15) is 0 Å². The summed E-state index contributed by atoms with van der Waals surface area (Å²) >= 11 is 10.2. The predicted molar refractivity (Wildman–Crippen MR) is 72.8 cm³/mol. The van der Waals surface area contributed by atoms with E-state index in [0.717, 1.165) is 43.7 Å². The van der Waals surface area contributed by atoms with E-state index in [2.05, 4.69) is 20.8 Å². The number of rotatable bonds is 3. The van der Waals surface area contributed by atoms with E-state index < -0.39 is 10.0 Å². The zero-order valence-electron chi connectivity index (χ0n) is 8.95. The highest BCUT2D eigenvalue weighted by Gasteiger charge is 2.22. The predicted octanol–water partition coefficient (Wildman–Crippen LogP) is 2.84. The van der Waals surface area contributed by atoms with E-state index in [-0.39, 0.29) is 4.21 Å². The lowest BCUT2D eigenvalue weighted by Crippen LogP contribution is -2.44. The van der Waals surface area contributed by atoms with E-state index in [1.54, 1.807) is 5.01 Å². The summed E-state index contributed by atoms with van der Waals surface area (Å²) in [5, 5.41) is 2.18. The van der Waals surface area contributed by atoms with Crippen molar-refractivity contribution < 1.29 is 8.42 Å². The maximum absolute atomic E-state index is 12.0. The van der Waals surface area contributed by atoms with Gasteiger partial charge in [0.25, 0.3) is 10.0 Å². The molecular weight excluding hydrogens is 348 g/mol. The number of hydrogen-bond donors (Lipinski definition) is 1. The van der Waals surface area contributed by atoms with Gasteiger partial charge in [-0.1, -0.05) is 18.0 Å². The quantitative estimate of drug-likeness (QED) is 0.903. The van der Waals surface area contributed by atoms with Gasteiger partial charge in [0.05, 0.1) is 8.81 Å². The molecule has 1 fully saturated rings. The van der Waals surface area contributed by atoms with Crippen LogP contribution in [0.15, 0.2) is 14.1 Å². The normalized spacial score (nSPS) is 18.5. The third kappa shape index (κ3) is 3.42. The minimum absolute atomic E-state index is 0.236. The molecule has 2 heterocycles. The van der Waals surface area contributed by atoms with Crippen molar-refractivity contribution in [3.63, 3.8) is 0 Å². The molecule has 1 aromatic rings. The number of nitrogens with zero attached hydrogens (tertiary/aromatic N) is 1.